The minimum Gasteiger partial charge on any atom is -0.467 e. The maximum atomic E-state index is 12.4. The highest BCUT2D eigenvalue weighted by Gasteiger charge is 2.11. The van der Waals surface area contributed by atoms with E-state index in [0.29, 0.717) is 29.4 Å². The summed E-state index contributed by atoms with van der Waals surface area (Å²) < 4.78 is 5.24. The number of nitrogens with one attached hydrogen (secondary N) is 2. The first kappa shape index (κ1) is 16.2. The van der Waals surface area contributed by atoms with Crippen LogP contribution in [0.25, 0.3) is 0 Å². The van der Waals surface area contributed by atoms with Crippen LogP contribution >= 0.6 is 0 Å². The number of furan rings is 1. The molecule has 3 rings (SSSR count). The van der Waals surface area contributed by atoms with Gasteiger partial charge in [0.15, 0.2) is 0 Å². The number of rotatable bonds is 5. The van der Waals surface area contributed by atoms with Crippen LogP contribution in [0.15, 0.2) is 53.1 Å². The third kappa shape index (κ3) is 4.20. The zero-order valence-corrected chi connectivity index (χ0v) is 13.5. The van der Waals surface area contributed by atoms with Gasteiger partial charge in [0.2, 0.25) is 5.95 Å². The molecule has 7 heteroatoms. The van der Waals surface area contributed by atoms with Gasteiger partial charge in [-0.05, 0) is 43.3 Å². The summed E-state index contributed by atoms with van der Waals surface area (Å²) in [5, 5.41) is 14.7. The smallest absolute Gasteiger partial charge is 0.274 e. The zero-order chi connectivity index (χ0) is 17.6. The van der Waals surface area contributed by atoms with Crippen LogP contribution in [-0.4, -0.2) is 15.9 Å². The van der Waals surface area contributed by atoms with E-state index < -0.39 is 0 Å². The van der Waals surface area contributed by atoms with Crippen LogP contribution < -0.4 is 10.6 Å². The first-order chi connectivity index (χ1) is 12.1. The third-order valence-corrected chi connectivity index (χ3v) is 3.34. The largest absolute Gasteiger partial charge is 0.467 e. The normalized spacial score (nSPS) is 10.1. The van der Waals surface area contributed by atoms with Crippen LogP contribution in [-0.2, 0) is 6.54 Å². The molecule has 0 aliphatic carbocycles. The second kappa shape index (κ2) is 7.27. The number of anilines is 2. The Balaban J connectivity index is 1.74. The monoisotopic (exact) mass is 333 g/mol. The fourth-order valence-corrected chi connectivity index (χ4v) is 2.20. The van der Waals surface area contributed by atoms with Crippen molar-refractivity contribution in [3.8, 4) is 6.07 Å². The van der Waals surface area contributed by atoms with Crippen LogP contribution in [0.4, 0.5) is 11.6 Å². The number of benzene rings is 1. The van der Waals surface area contributed by atoms with E-state index in [4.69, 9.17) is 9.68 Å². The molecule has 0 fully saturated rings. The van der Waals surface area contributed by atoms with Gasteiger partial charge in [0.25, 0.3) is 5.91 Å². The lowest BCUT2D eigenvalue weighted by Crippen LogP contribution is -2.16. The zero-order valence-electron chi connectivity index (χ0n) is 13.5. The first-order valence-corrected chi connectivity index (χ1v) is 7.57. The van der Waals surface area contributed by atoms with E-state index in [9.17, 15) is 4.79 Å². The predicted octanol–water partition coefficient (Wildman–Crippen LogP) is 3.11. The highest BCUT2D eigenvalue weighted by molar-refractivity contribution is 6.03. The molecule has 0 spiro atoms. The van der Waals surface area contributed by atoms with Crippen LogP contribution in [0, 0.1) is 18.3 Å². The Kier molecular flexibility index (Phi) is 4.72. The molecule has 124 valence electrons. The van der Waals surface area contributed by atoms with E-state index in [1.165, 1.54) is 0 Å². The summed E-state index contributed by atoms with van der Waals surface area (Å²) in [4.78, 5) is 20.9. The number of aryl methyl sites for hydroxylation is 1. The van der Waals surface area contributed by atoms with Crippen molar-refractivity contribution in [1.82, 2.24) is 9.97 Å². The Labute approximate surface area is 144 Å². The molecule has 0 aliphatic heterocycles. The van der Waals surface area contributed by atoms with Crippen LogP contribution in [0.5, 0.6) is 0 Å². The summed E-state index contributed by atoms with van der Waals surface area (Å²) in [5.41, 5.74) is 1.90. The van der Waals surface area contributed by atoms with Gasteiger partial charge in [0.05, 0.1) is 24.4 Å². The fraction of sp³-hybridized carbons (Fsp3) is 0.111. The summed E-state index contributed by atoms with van der Waals surface area (Å²) in [6.07, 6.45) is 1.59. The lowest BCUT2D eigenvalue weighted by atomic mass is 10.2. The van der Waals surface area contributed by atoms with Crippen LogP contribution in [0.2, 0.25) is 0 Å². The van der Waals surface area contributed by atoms with Crippen LogP contribution in [0.1, 0.15) is 27.5 Å². The topological polar surface area (TPSA) is 104 Å². The summed E-state index contributed by atoms with van der Waals surface area (Å²) in [7, 11) is 0. The average molecular weight is 333 g/mol. The first-order valence-electron chi connectivity index (χ1n) is 7.57. The fourth-order valence-electron chi connectivity index (χ4n) is 2.20. The van der Waals surface area contributed by atoms with E-state index in [0.717, 1.165) is 5.76 Å². The van der Waals surface area contributed by atoms with Gasteiger partial charge in [-0.2, -0.15) is 5.26 Å². The molecule has 0 aliphatic rings. The Morgan fingerprint density at radius 1 is 1.24 bits per heavy atom. The second-order valence-corrected chi connectivity index (χ2v) is 5.30. The number of amides is 1. The lowest BCUT2D eigenvalue weighted by molar-refractivity contribution is 0.102. The van der Waals surface area contributed by atoms with Crippen molar-refractivity contribution >= 4 is 17.5 Å². The molecule has 0 atom stereocenters. The minimum atomic E-state index is -0.373. The molecule has 0 saturated carbocycles. The Morgan fingerprint density at radius 2 is 2.12 bits per heavy atom. The van der Waals surface area contributed by atoms with Gasteiger partial charge < -0.3 is 15.1 Å². The molecule has 0 saturated heterocycles. The second-order valence-electron chi connectivity index (χ2n) is 5.30. The van der Waals surface area contributed by atoms with Gasteiger partial charge in [0.1, 0.15) is 11.5 Å². The minimum absolute atomic E-state index is 0.233. The molecular formula is C18H15N5O2. The molecule has 0 unspecified atom stereocenters. The van der Waals surface area contributed by atoms with Crippen molar-refractivity contribution in [2.75, 3.05) is 10.6 Å². The van der Waals surface area contributed by atoms with Crippen molar-refractivity contribution in [3.63, 3.8) is 0 Å². The number of nitrogens with zero attached hydrogens (tertiary/aromatic N) is 3. The lowest BCUT2D eigenvalue weighted by Gasteiger charge is -2.08. The van der Waals surface area contributed by atoms with Gasteiger partial charge in [-0.1, -0.05) is 6.07 Å². The van der Waals surface area contributed by atoms with Gasteiger partial charge >= 0.3 is 0 Å². The Morgan fingerprint density at radius 3 is 2.88 bits per heavy atom. The van der Waals surface area contributed by atoms with Crippen molar-refractivity contribution in [3.05, 3.63) is 71.4 Å². The van der Waals surface area contributed by atoms with Gasteiger partial charge in [-0.25, -0.2) is 9.97 Å². The number of hydrogen-bond acceptors (Lipinski definition) is 6. The van der Waals surface area contributed by atoms with Gasteiger partial charge in [-0.3, -0.25) is 4.79 Å². The standard InChI is InChI=1S/C18H15N5O2/c1-12-8-16(17(24)22-14-5-2-4-13(9-14)10-19)23-18(21-12)20-11-15-6-3-7-25-15/h2-9H,11H2,1H3,(H,22,24)(H,20,21,23). The number of hydrogen-bond donors (Lipinski definition) is 2. The molecule has 1 amide bonds. The van der Waals surface area contributed by atoms with Crippen molar-refractivity contribution < 1.29 is 9.21 Å². The van der Waals surface area contributed by atoms with E-state index in [2.05, 4.69) is 20.6 Å². The van der Waals surface area contributed by atoms with Crippen LogP contribution in [0.3, 0.4) is 0 Å². The maximum Gasteiger partial charge on any atom is 0.274 e. The molecule has 2 heterocycles. The van der Waals surface area contributed by atoms with E-state index in [1.807, 2.05) is 12.1 Å². The molecule has 0 radical (unpaired) electrons. The van der Waals surface area contributed by atoms with E-state index >= 15 is 0 Å². The highest BCUT2D eigenvalue weighted by atomic mass is 16.3. The van der Waals surface area contributed by atoms with Crippen molar-refractivity contribution in [2.45, 2.75) is 13.5 Å². The molecule has 1 aromatic carbocycles. The average Bonchev–Trinajstić information content (AvgIpc) is 3.13. The van der Waals surface area contributed by atoms with Gasteiger partial charge in [0, 0.05) is 11.4 Å². The highest BCUT2D eigenvalue weighted by Crippen LogP contribution is 2.13. The van der Waals surface area contributed by atoms with Gasteiger partial charge in [-0.15, -0.1) is 0 Å². The SMILES string of the molecule is Cc1cc(C(=O)Nc2cccc(C#N)c2)nc(NCc2ccco2)n1. The Bertz CT molecular complexity index is 929. The molecule has 7 nitrogen and oxygen atoms in total. The predicted molar refractivity (Wildman–Crippen MR) is 91.9 cm³/mol. The molecule has 2 aromatic heterocycles. The number of nitriles is 1. The molecule has 25 heavy (non-hydrogen) atoms. The number of carbonyl (C=O) groups is 1. The molecular weight excluding hydrogens is 318 g/mol. The van der Waals surface area contributed by atoms with E-state index in [1.54, 1.807) is 49.6 Å². The van der Waals surface area contributed by atoms with Crippen molar-refractivity contribution in [1.29, 1.82) is 5.26 Å². The van der Waals surface area contributed by atoms with Crippen molar-refractivity contribution in [2.24, 2.45) is 0 Å². The summed E-state index contributed by atoms with van der Waals surface area (Å²) in [6, 6.07) is 13.9. The van der Waals surface area contributed by atoms with E-state index in [-0.39, 0.29) is 11.6 Å². The summed E-state index contributed by atoms with van der Waals surface area (Å²) in [6.45, 7) is 2.20. The Hall–Kier alpha value is -3.66. The molecule has 3 aromatic rings. The summed E-state index contributed by atoms with van der Waals surface area (Å²) in [5.74, 6) is 0.707. The number of aromatic nitrogens is 2. The molecule has 0 bridgehead atoms. The molecule has 2 N–H and O–H groups in total. The maximum absolute atomic E-state index is 12.4. The third-order valence-electron chi connectivity index (χ3n) is 3.34. The quantitative estimate of drug-likeness (QED) is 0.743. The number of carbonyl (C=O) groups excluding carboxylic acids is 1. The summed E-state index contributed by atoms with van der Waals surface area (Å²) >= 11 is 0.